The number of nitrogens with one attached hydrogen (secondary N) is 1. The first kappa shape index (κ1) is 17.6. The van der Waals surface area contributed by atoms with Gasteiger partial charge >= 0.3 is 0 Å². The highest BCUT2D eigenvalue weighted by Crippen LogP contribution is 2.30. The summed E-state index contributed by atoms with van der Waals surface area (Å²) in [5.74, 6) is 0.0621. The van der Waals surface area contributed by atoms with Gasteiger partial charge in [0.25, 0.3) is 0 Å². The minimum absolute atomic E-state index is 0.0621. The molecule has 25 heavy (non-hydrogen) atoms. The summed E-state index contributed by atoms with van der Waals surface area (Å²) in [6.45, 7) is 4.65. The molecule has 0 bridgehead atoms. The van der Waals surface area contributed by atoms with Crippen LogP contribution in [0.2, 0.25) is 0 Å². The van der Waals surface area contributed by atoms with Gasteiger partial charge in [0.15, 0.2) is 0 Å². The van der Waals surface area contributed by atoms with Crippen molar-refractivity contribution < 1.29 is 13.2 Å². The molecule has 0 spiro atoms. The number of benzene rings is 2. The van der Waals surface area contributed by atoms with Gasteiger partial charge in [0.1, 0.15) is 0 Å². The van der Waals surface area contributed by atoms with Gasteiger partial charge in [-0.25, -0.2) is 13.1 Å². The molecule has 3 rings (SSSR count). The number of carbonyl (C=O) groups excluding carboxylic acids is 1. The molecule has 0 saturated heterocycles. The van der Waals surface area contributed by atoms with Gasteiger partial charge in [-0.15, -0.1) is 0 Å². The highest BCUT2D eigenvalue weighted by molar-refractivity contribution is 7.89. The molecule has 6 heteroatoms. The van der Waals surface area contributed by atoms with E-state index in [-0.39, 0.29) is 17.3 Å². The number of nitrogens with zero attached hydrogens (tertiary/aromatic N) is 1. The van der Waals surface area contributed by atoms with E-state index in [0.29, 0.717) is 19.4 Å². The predicted octanol–water partition coefficient (Wildman–Crippen LogP) is 2.77. The number of rotatable bonds is 5. The molecule has 0 aromatic heterocycles. The smallest absolute Gasteiger partial charge is 0.240 e. The number of amides is 1. The number of hydrogen-bond acceptors (Lipinski definition) is 3. The van der Waals surface area contributed by atoms with Gasteiger partial charge in [-0.05, 0) is 48.2 Å². The summed E-state index contributed by atoms with van der Waals surface area (Å²) in [4.78, 5) is 13.9. The molecule has 0 radical (unpaired) electrons. The lowest BCUT2D eigenvalue weighted by Gasteiger charge is -2.16. The molecule has 0 aliphatic carbocycles. The van der Waals surface area contributed by atoms with Crippen molar-refractivity contribution in [3.8, 4) is 0 Å². The summed E-state index contributed by atoms with van der Waals surface area (Å²) in [5.41, 5.74) is 3.73. The molecule has 1 aliphatic heterocycles. The first-order valence-corrected chi connectivity index (χ1v) is 9.88. The zero-order valence-electron chi connectivity index (χ0n) is 14.5. The van der Waals surface area contributed by atoms with Crippen molar-refractivity contribution >= 4 is 21.6 Å². The van der Waals surface area contributed by atoms with E-state index < -0.39 is 10.0 Å². The minimum atomic E-state index is -3.59. The zero-order valence-corrected chi connectivity index (χ0v) is 15.3. The van der Waals surface area contributed by atoms with E-state index in [1.54, 1.807) is 23.1 Å². The Bertz CT molecular complexity index is 907. The average Bonchev–Trinajstić information content (AvgIpc) is 3.03. The second-order valence-corrected chi connectivity index (χ2v) is 7.96. The number of fused-ring (bicyclic) bond motifs is 1. The van der Waals surface area contributed by atoms with Crippen LogP contribution in [0.5, 0.6) is 0 Å². The van der Waals surface area contributed by atoms with Crippen LogP contribution >= 0.6 is 0 Å². The van der Waals surface area contributed by atoms with Crippen LogP contribution in [0.15, 0.2) is 47.4 Å². The number of anilines is 1. The molecule has 1 amide bonds. The van der Waals surface area contributed by atoms with Crippen LogP contribution in [0.4, 0.5) is 5.69 Å². The average molecular weight is 358 g/mol. The highest BCUT2D eigenvalue weighted by atomic mass is 32.2. The Balaban J connectivity index is 1.80. The fraction of sp³-hybridized carbons (Fsp3) is 0.316. The van der Waals surface area contributed by atoms with Gasteiger partial charge in [-0.3, -0.25) is 4.79 Å². The largest absolute Gasteiger partial charge is 0.312 e. The van der Waals surface area contributed by atoms with E-state index >= 15 is 0 Å². The molecule has 2 aromatic carbocycles. The minimum Gasteiger partial charge on any atom is -0.312 e. The quantitative estimate of drug-likeness (QED) is 0.894. The summed E-state index contributed by atoms with van der Waals surface area (Å²) in [7, 11) is -3.59. The molecule has 0 fully saturated rings. The Labute approximate surface area is 148 Å². The van der Waals surface area contributed by atoms with Crippen LogP contribution in [0.1, 0.15) is 30.0 Å². The second-order valence-electron chi connectivity index (χ2n) is 6.19. The number of aryl methyl sites for hydroxylation is 1. The molecule has 1 aliphatic rings. The fourth-order valence-electron chi connectivity index (χ4n) is 3.06. The Morgan fingerprint density at radius 1 is 1.20 bits per heavy atom. The molecule has 132 valence electrons. The molecule has 1 heterocycles. The van der Waals surface area contributed by atoms with E-state index in [0.717, 1.165) is 22.4 Å². The Hall–Kier alpha value is -2.18. The molecular weight excluding hydrogens is 336 g/mol. The molecule has 0 saturated carbocycles. The first-order valence-electron chi connectivity index (χ1n) is 8.40. The SMILES string of the molecule is CCC(=O)N1CCc2cc(S(=O)(=O)NCc3ccccc3C)ccc21. The van der Waals surface area contributed by atoms with Gasteiger partial charge < -0.3 is 4.90 Å². The number of sulfonamides is 1. The fourth-order valence-corrected chi connectivity index (χ4v) is 4.12. The normalized spacial score (nSPS) is 13.8. The van der Waals surface area contributed by atoms with Gasteiger partial charge in [-0.2, -0.15) is 0 Å². The van der Waals surface area contributed by atoms with Gasteiger partial charge in [0.2, 0.25) is 15.9 Å². The summed E-state index contributed by atoms with van der Waals surface area (Å²) in [6.07, 6.45) is 1.12. The lowest BCUT2D eigenvalue weighted by Crippen LogP contribution is -2.27. The van der Waals surface area contributed by atoms with Crippen LogP contribution in [0.3, 0.4) is 0 Å². The standard InChI is InChI=1S/C19H22N2O3S/c1-3-19(22)21-11-10-15-12-17(8-9-18(15)21)25(23,24)20-13-16-7-5-4-6-14(16)2/h4-9,12,20H,3,10-11,13H2,1-2H3. The van der Waals surface area contributed by atoms with E-state index in [1.165, 1.54) is 0 Å². The maximum Gasteiger partial charge on any atom is 0.240 e. The topological polar surface area (TPSA) is 66.5 Å². The van der Waals surface area contributed by atoms with Crippen LogP contribution in [-0.4, -0.2) is 20.9 Å². The summed E-state index contributed by atoms with van der Waals surface area (Å²) in [5, 5.41) is 0. The van der Waals surface area contributed by atoms with Gasteiger partial charge in [0.05, 0.1) is 4.90 Å². The molecule has 0 atom stereocenters. The maximum atomic E-state index is 12.6. The van der Waals surface area contributed by atoms with E-state index in [9.17, 15) is 13.2 Å². The molecule has 0 unspecified atom stereocenters. The lowest BCUT2D eigenvalue weighted by atomic mass is 10.1. The van der Waals surface area contributed by atoms with Gasteiger partial charge in [0, 0.05) is 25.2 Å². The van der Waals surface area contributed by atoms with Crippen molar-refractivity contribution in [3.05, 3.63) is 59.2 Å². The maximum absolute atomic E-state index is 12.6. The van der Waals surface area contributed by atoms with Crippen LogP contribution in [0.25, 0.3) is 0 Å². The Morgan fingerprint density at radius 2 is 1.96 bits per heavy atom. The molecule has 1 N–H and O–H groups in total. The first-order chi connectivity index (χ1) is 11.9. The summed E-state index contributed by atoms with van der Waals surface area (Å²) < 4.78 is 27.9. The van der Waals surface area contributed by atoms with E-state index in [1.807, 2.05) is 38.1 Å². The van der Waals surface area contributed by atoms with Crippen molar-refractivity contribution in [3.63, 3.8) is 0 Å². The second kappa shape index (κ2) is 6.98. The highest BCUT2D eigenvalue weighted by Gasteiger charge is 2.25. The van der Waals surface area contributed by atoms with E-state index in [2.05, 4.69) is 4.72 Å². The van der Waals surface area contributed by atoms with E-state index in [4.69, 9.17) is 0 Å². The van der Waals surface area contributed by atoms with Crippen LogP contribution < -0.4 is 9.62 Å². The monoisotopic (exact) mass is 358 g/mol. The molecule has 2 aromatic rings. The number of hydrogen-bond donors (Lipinski definition) is 1. The van der Waals surface area contributed by atoms with Crippen molar-refractivity contribution in [2.45, 2.75) is 38.1 Å². The molecule has 5 nitrogen and oxygen atoms in total. The Morgan fingerprint density at radius 3 is 2.68 bits per heavy atom. The van der Waals surface area contributed by atoms with Crippen LogP contribution in [0, 0.1) is 6.92 Å². The summed E-state index contributed by atoms with van der Waals surface area (Å²) >= 11 is 0. The van der Waals surface area contributed by atoms with Crippen molar-refractivity contribution in [1.82, 2.24) is 4.72 Å². The third kappa shape index (κ3) is 3.60. The molecular formula is C19H22N2O3S. The lowest BCUT2D eigenvalue weighted by molar-refractivity contribution is -0.118. The van der Waals surface area contributed by atoms with Crippen molar-refractivity contribution in [2.24, 2.45) is 0 Å². The Kier molecular flexibility index (Phi) is 4.92. The third-order valence-electron chi connectivity index (χ3n) is 4.57. The van der Waals surface area contributed by atoms with Crippen LogP contribution in [-0.2, 0) is 27.8 Å². The number of carbonyl (C=O) groups is 1. The van der Waals surface area contributed by atoms with Crippen molar-refractivity contribution in [2.75, 3.05) is 11.4 Å². The predicted molar refractivity (Wildman–Crippen MR) is 98.0 cm³/mol. The summed E-state index contributed by atoms with van der Waals surface area (Å²) in [6, 6.07) is 12.7. The van der Waals surface area contributed by atoms with Gasteiger partial charge in [-0.1, -0.05) is 31.2 Å². The zero-order chi connectivity index (χ0) is 18.0. The third-order valence-corrected chi connectivity index (χ3v) is 5.97. The van der Waals surface area contributed by atoms with Crippen molar-refractivity contribution in [1.29, 1.82) is 0 Å².